The number of ether oxygens (including phenoxy) is 1. The highest BCUT2D eigenvalue weighted by Gasteiger charge is 2.49. The maximum atomic E-state index is 12.2. The van der Waals surface area contributed by atoms with Gasteiger partial charge in [0, 0.05) is 19.5 Å². The topological polar surface area (TPSA) is 230 Å². The van der Waals surface area contributed by atoms with Gasteiger partial charge in [-0.1, -0.05) is 0 Å². The van der Waals surface area contributed by atoms with E-state index in [1.54, 1.807) is 0 Å². The molecule has 0 aromatic carbocycles. The molecular formula is C10H15N3O12P2. The number of phosphoric acid groups is 2. The minimum Gasteiger partial charge on any atom is -0.385 e. The highest BCUT2D eigenvalue weighted by molar-refractivity contribution is 7.61. The van der Waals surface area contributed by atoms with Crippen molar-refractivity contribution in [3.8, 4) is 0 Å². The Labute approximate surface area is 150 Å². The summed E-state index contributed by atoms with van der Waals surface area (Å²) in [6, 6.07) is 0. The third-order valence-corrected chi connectivity index (χ3v) is 5.80. The molecule has 1 aliphatic heterocycles. The van der Waals surface area contributed by atoms with Crippen LogP contribution in [0.2, 0.25) is 0 Å². The quantitative estimate of drug-likeness (QED) is 0.289. The van der Waals surface area contributed by atoms with Crippen molar-refractivity contribution in [2.75, 3.05) is 7.11 Å². The lowest BCUT2D eigenvalue weighted by molar-refractivity contribution is -0.136. The summed E-state index contributed by atoms with van der Waals surface area (Å²) in [6.45, 7) is 0. The monoisotopic (exact) mass is 431 g/mol. The molecule has 15 nitrogen and oxygen atoms in total. The van der Waals surface area contributed by atoms with Gasteiger partial charge in [0.05, 0.1) is 0 Å². The van der Waals surface area contributed by atoms with Gasteiger partial charge in [-0.2, -0.15) is 4.31 Å². The van der Waals surface area contributed by atoms with Crippen LogP contribution in [0.3, 0.4) is 0 Å². The molecule has 6 N–H and O–H groups in total. The summed E-state index contributed by atoms with van der Waals surface area (Å²) in [5, 5.41) is 20.0. The van der Waals surface area contributed by atoms with Gasteiger partial charge in [0.2, 0.25) is 0 Å². The van der Waals surface area contributed by atoms with Crippen LogP contribution in [-0.4, -0.2) is 61.1 Å². The number of amides is 1. The van der Waals surface area contributed by atoms with E-state index >= 15 is 0 Å². The van der Waals surface area contributed by atoms with Crippen molar-refractivity contribution in [1.82, 2.24) is 9.55 Å². The number of aliphatic hydroxyl groups is 2. The third kappa shape index (κ3) is 4.86. The molecule has 1 unspecified atom stereocenters. The Kier molecular flexibility index (Phi) is 6.33. The minimum absolute atomic E-state index is 0.659. The molecule has 1 fully saturated rings. The normalized spacial score (nSPS) is 28.0. The van der Waals surface area contributed by atoms with E-state index in [0.717, 1.165) is 19.5 Å². The van der Waals surface area contributed by atoms with Gasteiger partial charge >= 0.3 is 15.6 Å². The van der Waals surface area contributed by atoms with E-state index < -0.39 is 57.5 Å². The van der Waals surface area contributed by atoms with E-state index in [2.05, 4.69) is 18.3 Å². The lowest BCUT2D eigenvalue weighted by Crippen LogP contribution is -2.37. The Morgan fingerprint density at radius 1 is 1.33 bits per heavy atom. The standard InChI is InChI=1S/C10H15N3O12P2/c1-22-27(21,25-26(18,19)20)24-10-6(15)5(14)9(23-10)13-3-2-12-4(7(11)16)8(13)17/h2-3,5-6,9-10,14-15H,1H3,(H2,11,16)(H2,18,19,20)/t5-,6+,9-,10-,27?/m1/s1. The number of aliphatic hydroxyl groups excluding tert-OH is 2. The smallest absolute Gasteiger partial charge is 0.385 e. The summed E-state index contributed by atoms with van der Waals surface area (Å²) in [5.74, 6) is -1.16. The van der Waals surface area contributed by atoms with Crippen LogP contribution < -0.4 is 11.3 Å². The van der Waals surface area contributed by atoms with Crippen molar-refractivity contribution in [2.24, 2.45) is 5.73 Å². The Morgan fingerprint density at radius 2 is 1.96 bits per heavy atom. The second kappa shape index (κ2) is 7.85. The van der Waals surface area contributed by atoms with E-state index in [4.69, 9.17) is 20.3 Å². The molecular weight excluding hydrogens is 416 g/mol. The summed E-state index contributed by atoms with van der Waals surface area (Å²) < 4.78 is 41.5. The predicted molar refractivity (Wildman–Crippen MR) is 81.8 cm³/mol. The van der Waals surface area contributed by atoms with Crippen LogP contribution in [0.4, 0.5) is 0 Å². The molecule has 17 heteroatoms. The van der Waals surface area contributed by atoms with Gasteiger partial charge < -0.3 is 30.5 Å². The molecule has 2 rings (SSSR count). The van der Waals surface area contributed by atoms with Crippen LogP contribution in [0.1, 0.15) is 16.7 Å². The fourth-order valence-electron chi connectivity index (χ4n) is 2.09. The van der Waals surface area contributed by atoms with Gasteiger partial charge in [0.25, 0.3) is 11.5 Å². The summed E-state index contributed by atoms with van der Waals surface area (Å²) in [5.41, 5.74) is 3.25. The van der Waals surface area contributed by atoms with E-state index in [9.17, 15) is 28.9 Å². The van der Waals surface area contributed by atoms with Crippen molar-refractivity contribution in [3.05, 3.63) is 28.4 Å². The molecule has 1 aromatic rings. The first-order valence-electron chi connectivity index (χ1n) is 6.88. The van der Waals surface area contributed by atoms with E-state index in [0.29, 0.717) is 4.57 Å². The van der Waals surface area contributed by atoms with Crippen molar-refractivity contribution in [1.29, 1.82) is 0 Å². The number of phosphoric ester groups is 1. The first-order chi connectivity index (χ1) is 12.4. The maximum Gasteiger partial charge on any atom is 0.485 e. The predicted octanol–water partition coefficient (Wildman–Crippen LogP) is -2.20. The Bertz CT molecular complexity index is 867. The highest BCUT2D eigenvalue weighted by Crippen LogP contribution is 2.62. The summed E-state index contributed by atoms with van der Waals surface area (Å²) >= 11 is 0. The van der Waals surface area contributed by atoms with Gasteiger partial charge in [0.15, 0.2) is 18.2 Å². The van der Waals surface area contributed by atoms with E-state index in [1.807, 2.05) is 0 Å². The number of carbonyl (C=O) groups excluding carboxylic acids is 1. The van der Waals surface area contributed by atoms with Gasteiger partial charge in [-0.15, -0.1) is 0 Å². The van der Waals surface area contributed by atoms with Crippen LogP contribution in [0.25, 0.3) is 0 Å². The largest absolute Gasteiger partial charge is 0.485 e. The maximum absolute atomic E-state index is 12.2. The van der Waals surface area contributed by atoms with E-state index in [-0.39, 0.29) is 0 Å². The molecule has 152 valence electrons. The van der Waals surface area contributed by atoms with Gasteiger partial charge in [-0.05, 0) is 0 Å². The average molecular weight is 431 g/mol. The second-order valence-corrected chi connectivity index (χ2v) is 8.14. The Balaban J connectivity index is 2.30. The number of carbonyl (C=O) groups is 1. The first-order valence-corrected chi connectivity index (χ1v) is 9.87. The number of aromatic nitrogens is 2. The highest BCUT2D eigenvalue weighted by atomic mass is 31.3. The number of primary amides is 1. The van der Waals surface area contributed by atoms with Gasteiger partial charge in [-0.25, -0.2) is 14.1 Å². The summed E-state index contributed by atoms with van der Waals surface area (Å²) in [7, 11) is -9.51. The SMILES string of the molecule is COP(=O)(O[C@H]1O[C@@H](n2ccnc(C(N)=O)c2=O)[C@H](O)[C@@H]1O)OP(=O)(O)O. The molecule has 0 radical (unpaired) electrons. The fraction of sp³-hybridized carbons (Fsp3) is 0.500. The number of hydrogen-bond donors (Lipinski definition) is 5. The number of rotatable bonds is 7. The Hall–Kier alpha value is -1.51. The van der Waals surface area contributed by atoms with Crippen LogP contribution in [0.15, 0.2) is 17.2 Å². The lowest BCUT2D eigenvalue weighted by atomic mass is 10.2. The van der Waals surface area contributed by atoms with Crippen LogP contribution in [-0.2, 0) is 27.2 Å². The van der Waals surface area contributed by atoms with Crippen molar-refractivity contribution < 1.29 is 52.0 Å². The van der Waals surface area contributed by atoms with Gasteiger partial charge in [0.1, 0.15) is 12.2 Å². The molecule has 2 heterocycles. The summed E-state index contributed by atoms with van der Waals surface area (Å²) in [4.78, 5) is 44.3. The fourth-order valence-corrected chi connectivity index (χ4v) is 4.07. The minimum atomic E-state index is -5.32. The van der Waals surface area contributed by atoms with Crippen molar-refractivity contribution >= 4 is 21.6 Å². The molecule has 1 aliphatic rings. The lowest BCUT2D eigenvalue weighted by Gasteiger charge is -2.21. The molecule has 5 atom stereocenters. The molecule has 0 saturated carbocycles. The number of nitrogens with zero attached hydrogens (tertiary/aromatic N) is 2. The van der Waals surface area contributed by atoms with Crippen molar-refractivity contribution in [3.63, 3.8) is 0 Å². The zero-order chi connectivity index (χ0) is 20.6. The number of nitrogens with two attached hydrogens (primary N) is 1. The average Bonchev–Trinajstić information content (AvgIpc) is 2.81. The molecule has 0 bridgehead atoms. The van der Waals surface area contributed by atoms with Crippen LogP contribution in [0, 0.1) is 0 Å². The molecule has 0 aliphatic carbocycles. The Morgan fingerprint density at radius 3 is 2.48 bits per heavy atom. The van der Waals surface area contributed by atoms with Crippen LogP contribution >= 0.6 is 15.6 Å². The zero-order valence-electron chi connectivity index (χ0n) is 13.4. The third-order valence-electron chi connectivity index (χ3n) is 3.23. The first kappa shape index (κ1) is 21.8. The van der Waals surface area contributed by atoms with E-state index in [1.165, 1.54) is 0 Å². The summed E-state index contributed by atoms with van der Waals surface area (Å²) in [6.07, 6.45) is -5.44. The van der Waals surface area contributed by atoms with Crippen molar-refractivity contribution in [2.45, 2.75) is 24.7 Å². The molecule has 1 aromatic heterocycles. The van der Waals surface area contributed by atoms with Gasteiger partial charge in [-0.3, -0.25) is 23.2 Å². The number of hydrogen-bond acceptors (Lipinski definition) is 11. The van der Waals surface area contributed by atoms with Crippen LogP contribution in [0.5, 0.6) is 0 Å². The molecule has 0 spiro atoms. The molecule has 1 saturated heterocycles. The molecule has 27 heavy (non-hydrogen) atoms. The molecule has 1 amide bonds. The second-order valence-electron chi connectivity index (χ2n) is 5.04. The zero-order valence-corrected chi connectivity index (χ0v) is 15.2.